The number of aliphatic hydroxyl groups excluding tert-OH is 1. The predicted molar refractivity (Wildman–Crippen MR) is 59.4 cm³/mol. The van der Waals surface area contributed by atoms with Crippen LogP contribution < -0.4 is 5.76 Å². The van der Waals surface area contributed by atoms with E-state index in [4.69, 9.17) is 4.42 Å². The van der Waals surface area contributed by atoms with Crippen molar-refractivity contribution >= 4 is 11.1 Å². The third kappa shape index (κ3) is 1.23. The molecule has 2 aromatic rings. The largest absolute Gasteiger partial charge is 0.417 e. The number of nitrogens with one attached hydrogen (secondary N) is 1. The molecule has 0 spiro atoms. The zero-order valence-electron chi connectivity index (χ0n) is 8.82. The number of oxazole rings is 1. The van der Waals surface area contributed by atoms with Crippen molar-refractivity contribution in [2.45, 2.75) is 24.7 Å². The summed E-state index contributed by atoms with van der Waals surface area (Å²) < 4.78 is 4.95. The zero-order valence-corrected chi connectivity index (χ0v) is 8.82. The molecule has 4 nitrogen and oxygen atoms in total. The van der Waals surface area contributed by atoms with E-state index in [1.54, 1.807) is 6.07 Å². The maximum atomic E-state index is 11.0. The highest BCUT2D eigenvalue weighted by Crippen LogP contribution is 2.43. The average Bonchev–Trinajstić information content (AvgIpc) is 2.56. The van der Waals surface area contributed by atoms with E-state index < -0.39 is 5.76 Å². The fourth-order valence-electron chi connectivity index (χ4n) is 2.42. The van der Waals surface area contributed by atoms with Crippen LogP contribution in [-0.2, 0) is 5.41 Å². The van der Waals surface area contributed by atoms with Crippen LogP contribution in [0.25, 0.3) is 11.1 Å². The number of H-pyrrole nitrogens is 1. The second-order valence-electron chi connectivity index (χ2n) is 4.52. The Hall–Kier alpha value is -1.55. The van der Waals surface area contributed by atoms with Gasteiger partial charge in [0.1, 0.15) is 0 Å². The first kappa shape index (κ1) is 9.66. The van der Waals surface area contributed by atoms with Gasteiger partial charge in [-0.3, -0.25) is 4.98 Å². The maximum Gasteiger partial charge on any atom is 0.417 e. The van der Waals surface area contributed by atoms with Crippen molar-refractivity contribution in [1.82, 2.24) is 4.98 Å². The minimum Gasteiger partial charge on any atom is -0.408 e. The fraction of sp³-hybridized carbons (Fsp3) is 0.417. The summed E-state index contributed by atoms with van der Waals surface area (Å²) in [6, 6.07) is 5.64. The third-order valence-electron chi connectivity index (χ3n) is 3.64. The summed E-state index contributed by atoms with van der Waals surface area (Å²) in [5, 5.41) is 9.47. The highest BCUT2D eigenvalue weighted by molar-refractivity contribution is 5.73. The molecule has 0 radical (unpaired) electrons. The maximum absolute atomic E-state index is 11.0. The monoisotopic (exact) mass is 219 g/mol. The van der Waals surface area contributed by atoms with Crippen LogP contribution in [0.4, 0.5) is 0 Å². The van der Waals surface area contributed by atoms with E-state index in [0.717, 1.165) is 24.8 Å². The second-order valence-corrected chi connectivity index (χ2v) is 4.52. The molecule has 1 heterocycles. The molecule has 1 aromatic carbocycles. The molecular formula is C12H13NO3. The van der Waals surface area contributed by atoms with E-state index in [2.05, 4.69) is 4.98 Å². The number of hydrogen-bond donors (Lipinski definition) is 2. The second kappa shape index (κ2) is 3.22. The predicted octanol–water partition coefficient (Wildman–Crippen LogP) is 1.54. The summed E-state index contributed by atoms with van der Waals surface area (Å²) in [5.41, 5.74) is 2.27. The SMILES string of the molecule is O=c1[nH]c2cc(C3(CO)CCC3)ccc2o1. The van der Waals surface area contributed by atoms with Gasteiger partial charge in [-0.05, 0) is 30.5 Å². The van der Waals surface area contributed by atoms with Crippen LogP contribution in [-0.4, -0.2) is 16.7 Å². The van der Waals surface area contributed by atoms with Gasteiger partial charge in [-0.25, -0.2) is 4.79 Å². The van der Waals surface area contributed by atoms with E-state index >= 15 is 0 Å². The molecule has 16 heavy (non-hydrogen) atoms. The summed E-state index contributed by atoms with van der Waals surface area (Å²) in [6.45, 7) is 0.167. The van der Waals surface area contributed by atoms with E-state index in [0.29, 0.717) is 11.1 Å². The number of benzene rings is 1. The van der Waals surface area contributed by atoms with Crippen LogP contribution in [0.2, 0.25) is 0 Å². The summed E-state index contributed by atoms with van der Waals surface area (Å²) in [4.78, 5) is 13.7. The molecule has 3 rings (SSSR count). The minimum absolute atomic E-state index is 0.0949. The quantitative estimate of drug-likeness (QED) is 0.805. The molecule has 1 fully saturated rings. The lowest BCUT2D eigenvalue weighted by Crippen LogP contribution is -2.37. The molecule has 0 atom stereocenters. The number of rotatable bonds is 2. The van der Waals surface area contributed by atoms with Crippen molar-refractivity contribution in [3.8, 4) is 0 Å². The van der Waals surface area contributed by atoms with Gasteiger partial charge in [-0.2, -0.15) is 0 Å². The molecule has 4 heteroatoms. The Balaban J connectivity index is 2.14. The molecule has 0 aliphatic heterocycles. The first-order valence-corrected chi connectivity index (χ1v) is 5.48. The third-order valence-corrected chi connectivity index (χ3v) is 3.64. The minimum atomic E-state index is -0.432. The normalized spacial score (nSPS) is 18.6. The molecule has 2 N–H and O–H groups in total. The van der Waals surface area contributed by atoms with Crippen molar-refractivity contribution in [2.75, 3.05) is 6.61 Å². The Morgan fingerprint density at radius 1 is 1.44 bits per heavy atom. The molecule has 0 saturated heterocycles. The molecule has 1 aliphatic carbocycles. The lowest BCUT2D eigenvalue weighted by atomic mass is 9.65. The lowest BCUT2D eigenvalue weighted by molar-refractivity contribution is 0.120. The summed E-state index contributed by atoms with van der Waals surface area (Å²) in [6.07, 6.45) is 3.18. The molecule has 0 bridgehead atoms. The van der Waals surface area contributed by atoms with Crippen LogP contribution in [0.1, 0.15) is 24.8 Å². The molecule has 1 aliphatic rings. The van der Waals surface area contributed by atoms with E-state index in [1.807, 2.05) is 12.1 Å². The van der Waals surface area contributed by atoms with Crippen molar-refractivity contribution in [3.63, 3.8) is 0 Å². The van der Waals surface area contributed by atoms with Crippen molar-refractivity contribution in [1.29, 1.82) is 0 Å². The van der Waals surface area contributed by atoms with Gasteiger partial charge in [-0.15, -0.1) is 0 Å². The standard InChI is InChI=1S/C12H13NO3/c14-7-12(4-1-5-12)8-2-3-10-9(6-8)13-11(15)16-10/h2-3,6,14H,1,4-5,7H2,(H,13,15). The highest BCUT2D eigenvalue weighted by atomic mass is 16.4. The molecule has 84 valence electrons. The topological polar surface area (TPSA) is 66.2 Å². The van der Waals surface area contributed by atoms with Gasteiger partial charge < -0.3 is 9.52 Å². The van der Waals surface area contributed by atoms with Gasteiger partial charge in [0.2, 0.25) is 0 Å². The number of aromatic nitrogens is 1. The Morgan fingerprint density at radius 3 is 2.88 bits per heavy atom. The van der Waals surface area contributed by atoms with Crippen LogP contribution in [0.3, 0.4) is 0 Å². The van der Waals surface area contributed by atoms with Gasteiger partial charge in [0.25, 0.3) is 0 Å². The van der Waals surface area contributed by atoms with Gasteiger partial charge in [0.15, 0.2) is 5.58 Å². The van der Waals surface area contributed by atoms with E-state index in [1.165, 1.54) is 0 Å². The van der Waals surface area contributed by atoms with Gasteiger partial charge >= 0.3 is 5.76 Å². The summed E-state index contributed by atoms with van der Waals surface area (Å²) in [7, 11) is 0. The fourth-order valence-corrected chi connectivity index (χ4v) is 2.42. The smallest absolute Gasteiger partial charge is 0.408 e. The molecule has 0 unspecified atom stereocenters. The number of fused-ring (bicyclic) bond motifs is 1. The van der Waals surface area contributed by atoms with E-state index in [9.17, 15) is 9.90 Å². The lowest BCUT2D eigenvalue weighted by Gasteiger charge is -2.40. The molecular weight excluding hydrogens is 206 g/mol. The Morgan fingerprint density at radius 2 is 2.25 bits per heavy atom. The average molecular weight is 219 g/mol. The summed E-state index contributed by atoms with van der Waals surface area (Å²) >= 11 is 0. The molecule has 1 saturated carbocycles. The van der Waals surface area contributed by atoms with E-state index in [-0.39, 0.29) is 12.0 Å². The summed E-state index contributed by atoms with van der Waals surface area (Å²) in [5.74, 6) is -0.432. The Bertz CT molecular complexity index is 572. The number of aliphatic hydroxyl groups is 1. The first-order valence-electron chi connectivity index (χ1n) is 5.48. The van der Waals surface area contributed by atoms with Crippen LogP contribution in [0.15, 0.2) is 27.4 Å². The zero-order chi connectivity index (χ0) is 11.2. The van der Waals surface area contributed by atoms with Crippen LogP contribution in [0.5, 0.6) is 0 Å². The number of hydrogen-bond acceptors (Lipinski definition) is 3. The van der Waals surface area contributed by atoms with Crippen molar-refractivity contribution in [3.05, 3.63) is 34.3 Å². The highest BCUT2D eigenvalue weighted by Gasteiger charge is 2.38. The van der Waals surface area contributed by atoms with Gasteiger partial charge in [0.05, 0.1) is 12.1 Å². The Labute approximate surface area is 91.9 Å². The van der Waals surface area contributed by atoms with Crippen molar-refractivity contribution in [2.24, 2.45) is 0 Å². The van der Waals surface area contributed by atoms with Crippen molar-refractivity contribution < 1.29 is 9.52 Å². The number of aromatic amines is 1. The van der Waals surface area contributed by atoms with Crippen LogP contribution >= 0.6 is 0 Å². The first-order chi connectivity index (χ1) is 7.73. The molecule has 1 aromatic heterocycles. The van der Waals surface area contributed by atoms with Gasteiger partial charge in [-0.1, -0.05) is 12.5 Å². The molecule has 0 amide bonds. The van der Waals surface area contributed by atoms with Crippen LogP contribution in [0, 0.1) is 0 Å². The Kier molecular flexibility index (Phi) is 1.94. The van der Waals surface area contributed by atoms with Gasteiger partial charge in [0, 0.05) is 5.41 Å².